The third-order valence-electron chi connectivity index (χ3n) is 1.91. The standard InChI is InChI=1S/C11H10NO5P/c1-2-17-10(14)9(13)12-8-5-3-4-7(6-8)11(15)18-16/h3-6H,2H2,1H3,(H,12,13). The number of anilines is 1. The number of carbonyl (C=O) groups excluding carboxylic acids is 3. The van der Waals surface area contributed by atoms with Crippen molar-refractivity contribution in [2.75, 3.05) is 11.9 Å². The molecule has 0 bridgehead atoms. The van der Waals surface area contributed by atoms with E-state index in [2.05, 4.69) is 10.1 Å². The van der Waals surface area contributed by atoms with Crippen LogP contribution in [0.2, 0.25) is 0 Å². The highest BCUT2D eigenvalue weighted by Gasteiger charge is 2.15. The van der Waals surface area contributed by atoms with Gasteiger partial charge in [-0.25, -0.2) is 4.79 Å². The lowest BCUT2D eigenvalue weighted by Gasteiger charge is -2.05. The van der Waals surface area contributed by atoms with Crippen LogP contribution in [0.25, 0.3) is 0 Å². The van der Waals surface area contributed by atoms with Crippen molar-refractivity contribution in [3.05, 3.63) is 29.8 Å². The maximum Gasteiger partial charge on any atom is 0.397 e. The minimum absolute atomic E-state index is 0.0971. The number of hydrogen-bond donors (Lipinski definition) is 1. The van der Waals surface area contributed by atoms with E-state index >= 15 is 0 Å². The minimum Gasteiger partial charge on any atom is -0.459 e. The largest absolute Gasteiger partial charge is 0.459 e. The number of ether oxygens (including phenoxy) is 1. The van der Waals surface area contributed by atoms with Gasteiger partial charge < -0.3 is 10.1 Å². The molecule has 0 heterocycles. The van der Waals surface area contributed by atoms with Crippen molar-refractivity contribution in [2.45, 2.75) is 6.92 Å². The second kappa shape index (κ2) is 6.61. The van der Waals surface area contributed by atoms with Crippen molar-refractivity contribution in [3.63, 3.8) is 0 Å². The Hall–Kier alpha value is -2.07. The summed E-state index contributed by atoms with van der Waals surface area (Å²) in [4.78, 5) is 33.5. The molecule has 0 unspecified atom stereocenters. The summed E-state index contributed by atoms with van der Waals surface area (Å²) in [5, 5.41) is 2.28. The summed E-state index contributed by atoms with van der Waals surface area (Å²) < 4.78 is 14.9. The Morgan fingerprint density at radius 1 is 1.33 bits per heavy atom. The molecule has 94 valence electrons. The first-order chi connectivity index (χ1) is 8.58. The number of amides is 1. The monoisotopic (exact) mass is 267 g/mol. The highest BCUT2D eigenvalue weighted by molar-refractivity contribution is 7.47. The molecule has 1 aromatic rings. The summed E-state index contributed by atoms with van der Waals surface area (Å²) in [5.41, 5.74) is -0.182. The summed E-state index contributed by atoms with van der Waals surface area (Å²) in [6, 6.07) is 5.77. The molecule has 0 aliphatic carbocycles. The fourth-order valence-electron chi connectivity index (χ4n) is 1.16. The van der Waals surface area contributed by atoms with Crippen molar-refractivity contribution in [3.8, 4) is 0 Å². The molecule has 0 saturated heterocycles. The number of benzene rings is 1. The lowest BCUT2D eigenvalue weighted by atomic mass is 10.2. The van der Waals surface area contributed by atoms with E-state index in [4.69, 9.17) is 0 Å². The molecule has 6 nitrogen and oxygen atoms in total. The molecule has 1 aromatic carbocycles. The summed E-state index contributed by atoms with van der Waals surface area (Å²) in [6.07, 6.45) is 0. The van der Waals surface area contributed by atoms with Crippen molar-refractivity contribution >= 4 is 31.5 Å². The fraction of sp³-hybridized carbons (Fsp3) is 0.182. The molecule has 0 aromatic heterocycles. The summed E-state index contributed by atoms with van der Waals surface area (Å²) in [5.74, 6) is -1.93. The van der Waals surface area contributed by atoms with Gasteiger partial charge in [-0.15, -0.1) is 0 Å². The lowest BCUT2D eigenvalue weighted by Crippen LogP contribution is -2.25. The van der Waals surface area contributed by atoms with Gasteiger partial charge in [-0.2, -0.15) is 0 Å². The van der Waals surface area contributed by atoms with Crippen LogP contribution in [0.3, 0.4) is 0 Å². The number of nitrogens with one attached hydrogen (secondary N) is 1. The van der Waals surface area contributed by atoms with Gasteiger partial charge in [0.25, 0.3) is 5.52 Å². The van der Waals surface area contributed by atoms with Gasteiger partial charge in [0.1, 0.15) is 0 Å². The quantitative estimate of drug-likeness (QED) is 0.508. The van der Waals surface area contributed by atoms with Crippen LogP contribution in [0, 0.1) is 0 Å². The van der Waals surface area contributed by atoms with Gasteiger partial charge in [-0.05, 0) is 19.1 Å². The zero-order valence-corrected chi connectivity index (χ0v) is 10.4. The van der Waals surface area contributed by atoms with E-state index in [1.54, 1.807) is 6.92 Å². The number of esters is 1. The van der Waals surface area contributed by atoms with Crippen LogP contribution in [0.15, 0.2) is 24.3 Å². The predicted molar refractivity (Wildman–Crippen MR) is 63.6 cm³/mol. The summed E-state index contributed by atoms with van der Waals surface area (Å²) >= 11 is 0. The van der Waals surface area contributed by atoms with Gasteiger partial charge in [0.15, 0.2) is 0 Å². The van der Waals surface area contributed by atoms with Crippen LogP contribution in [0.1, 0.15) is 17.3 Å². The van der Waals surface area contributed by atoms with E-state index in [1.807, 2.05) is 0 Å². The van der Waals surface area contributed by atoms with Crippen LogP contribution in [-0.4, -0.2) is 24.0 Å². The van der Waals surface area contributed by atoms with Gasteiger partial charge in [-0.3, -0.25) is 14.2 Å². The van der Waals surface area contributed by atoms with E-state index < -0.39 is 25.9 Å². The summed E-state index contributed by atoms with van der Waals surface area (Å²) in [7, 11) is -0.635. The molecule has 0 aliphatic heterocycles. The van der Waals surface area contributed by atoms with Crippen molar-refractivity contribution in [1.29, 1.82) is 0 Å². The Bertz CT molecular complexity index is 500. The Morgan fingerprint density at radius 2 is 2.06 bits per heavy atom. The lowest BCUT2D eigenvalue weighted by molar-refractivity contribution is -0.152. The number of rotatable bonds is 4. The third-order valence-corrected chi connectivity index (χ3v) is 2.34. The Morgan fingerprint density at radius 3 is 2.67 bits per heavy atom. The molecular formula is C11H10NO5P. The third kappa shape index (κ3) is 3.75. The maximum atomic E-state index is 11.3. The second-order valence-corrected chi connectivity index (χ2v) is 3.74. The smallest absolute Gasteiger partial charge is 0.397 e. The Balaban J connectivity index is 2.79. The molecule has 0 fully saturated rings. The molecule has 0 spiro atoms. The normalized spacial score (nSPS) is 9.83. The van der Waals surface area contributed by atoms with Gasteiger partial charge in [-0.1, -0.05) is 12.1 Å². The Labute approximate surface area is 105 Å². The number of hydrogen-bond acceptors (Lipinski definition) is 5. The average Bonchev–Trinajstić information content (AvgIpc) is 2.38. The molecule has 1 amide bonds. The van der Waals surface area contributed by atoms with Crippen LogP contribution in [0.4, 0.5) is 5.69 Å². The zero-order valence-electron chi connectivity index (χ0n) is 9.50. The molecule has 0 radical (unpaired) electrons. The first-order valence-electron chi connectivity index (χ1n) is 5.04. The van der Waals surface area contributed by atoms with Crippen LogP contribution >= 0.6 is 8.46 Å². The average molecular weight is 267 g/mol. The Kier molecular flexibility index (Phi) is 5.14. The van der Waals surface area contributed by atoms with E-state index in [9.17, 15) is 18.9 Å². The first-order valence-corrected chi connectivity index (χ1v) is 5.85. The number of carbonyl (C=O) groups is 3. The van der Waals surface area contributed by atoms with Crippen LogP contribution in [0.5, 0.6) is 0 Å². The van der Waals surface area contributed by atoms with Crippen molar-refractivity contribution in [2.24, 2.45) is 0 Å². The topological polar surface area (TPSA) is 89.5 Å². The van der Waals surface area contributed by atoms with E-state index in [0.29, 0.717) is 0 Å². The van der Waals surface area contributed by atoms with Gasteiger partial charge in [0.05, 0.1) is 6.61 Å². The minimum atomic E-state index is -1.00. The van der Waals surface area contributed by atoms with E-state index in [0.717, 1.165) is 0 Å². The van der Waals surface area contributed by atoms with E-state index in [1.165, 1.54) is 24.3 Å². The molecule has 1 rings (SSSR count). The molecule has 1 N–H and O–H groups in total. The highest BCUT2D eigenvalue weighted by atomic mass is 31.1. The van der Waals surface area contributed by atoms with Crippen molar-refractivity contribution < 1.29 is 23.7 Å². The second-order valence-electron chi connectivity index (χ2n) is 3.15. The van der Waals surface area contributed by atoms with Crippen LogP contribution < -0.4 is 5.32 Å². The zero-order chi connectivity index (χ0) is 13.5. The predicted octanol–water partition coefficient (Wildman–Crippen LogP) is 1.62. The van der Waals surface area contributed by atoms with Gasteiger partial charge >= 0.3 is 11.9 Å². The molecule has 18 heavy (non-hydrogen) atoms. The molecule has 0 atom stereocenters. The fourth-order valence-corrected chi connectivity index (χ4v) is 1.41. The highest BCUT2D eigenvalue weighted by Crippen LogP contribution is 2.15. The SMILES string of the molecule is CCOC(=O)C(=O)Nc1cccc(C(=O)P=O)c1. The molecule has 0 aliphatic rings. The van der Waals surface area contributed by atoms with Crippen molar-refractivity contribution in [1.82, 2.24) is 0 Å². The molecular weight excluding hydrogens is 257 g/mol. The summed E-state index contributed by atoms with van der Waals surface area (Å²) in [6.45, 7) is 1.68. The molecule has 0 saturated carbocycles. The molecule has 7 heteroatoms. The van der Waals surface area contributed by atoms with Gasteiger partial charge in [0.2, 0.25) is 8.46 Å². The van der Waals surface area contributed by atoms with Gasteiger partial charge in [0, 0.05) is 11.3 Å². The maximum absolute atomic E-state index is 11.3. The van der Waals surface area contributed by atoms with E-state index in [-0.39, 0.29) is 17.9 Å². The first kappa shape index (κ1) is 14.0. The van der Waals surface area contributed by atoms with Crippen LogP contribution in [-0.2, 0) is 18.9 Å².